The first-order valence-corrected chi connectivity index (χ1v) is 12.1. The zero-order valence-corrected chi connectivity index (χ0v) is 19.1. The molecule has 0 saturated heterocycles. The first kappa shape index (κ1) is 21.8. The highest BCUT2D eigenvalue weighted by Crippen LogP contribution is 2.39. The lowest BCUT2D eigenvalue weighted by Gasteiger charge is -2.21. The van der Waals surface area contributed by atoms with Gasteiger partial charge in [0.15, 0.2) is 0 Å². The van der Waals surface area contributed by atoms with Gasteiger partial charge in [0.2, 0.25) is 0 Å². The number of aryl methyl sites for hydroxylation is 1. The predicted molar refractivity (Wildman–Crippen MR) is 133 cm³/mol. The van der Waals surface area contributed by atoms with Crippen molar-refractivity contribution < 1.29 is 8.42 Å². The van der Waals surface area contributed by atoms with E-state index in [9.17, 15) is 8.42 Å². The molecule has 3 aromatic carbocycles. The number of benzene rings is 3. The Bertz CT molecular complexity index is 1360. The van der Waals surface area contributed by atoms with Gasteiger partial charge in [-0.2, -0.15) is 0 Å². The van der Waals surface area contributed by atoms with E-state index in [1.165, 1.54) is 0 Å². The first-order valence-electron chi connectivity index (χ1n) is 10.7. The van der Waals surface area contributed by atoms with Gasteiger partial charge in [0.05, 0.1) is 10.4 Å². The molecule has 4 heteroatoms. The number of fused-ring (bicyclic) bond motifs is 1. The van der Waals surface area contributed by atoms with Crippen LogP contribution in [-0.2, 0) is 16.4 Å². The van der Waals surface area contributed by atoms with Crippen molar-refractivity contribution in [3.63, 3.8) is 0 Å². The molecule has 1 aromatic heterocycles. The summed E-state index contributed by atoms with van der Waals surface area (Å²) in [5.41, 5.74) is 4.52. The smallest absolute Gasteiger partial charge is 0.237 e. The van der Waals surface area contributed by atoms with Gasteiger partial charge in [0.25, 0.3) is 10.0 Å². The van der Waals surface area contributed by atoms with E-state index in [1.807, 2.05) is 85.8 Å². The van der Waals surface area contributed by atoms with Crippen LogP contribution in [0.5, 0.6) is 0 Å². The average molecular weight is 442 g/mol. The van der Waals surface area contributed by atoms with Crippen LogP contribution in [0.1, 0.15) is 34.7 Å². The summed E-state index contributed by atoms with van der Waals surface area (Å²) in [7, 11) is -3.83. The van der Waals surface area contributed by atoms with E-state index in [0.717, 1.165) is 27.8 Å². The zero-order chi connectivity index (χ0) is 22.7. The predicted octanol–water partition coefficient (Wildman–Crippen LogP) is 6.62. The molecule has 162 valence electrons. The Morgan fingerprint density at radius 2 is 1.53 bits per heavy atom. The van der Waals surface area contributed by atoms with Crippen molar-refractivity contribution in [3.05, 3.63) is 127 Å². The van der Waals surface area contributed by atoms with Crippen LogP contribution in [0.15, 0.2) is 109 Å². The van der Waals surface area contributed by atoms with Gasteiger partial charge >= 0.3 is 0 Å². The second kappa shape index (κ2) is 9.01. The maximum absolute atomic E-state index is 14.0. The second-order valence-electron chi connectivity index (χ2n) is 7.94. The third-order valence-electron chi connectivity index (χ3n) is 5.82. The molecule has 0 fully saturated rings. The molecule has 0 saturated carbocycles. The van der Waals surface area contributed by atoms with Crippen LogP contribution in [0.4, 0.5) is 0 Å². The van der Waals surface area contributed by atoms with Crippen molar-refractivity contribution >= 4 is 20.9 Å². The molecule has 0 spiro atoms. The molecule has 1 atom stereocenters. The molecule has 0 bridgehead atoms. The molecule has 4 aromatic rings. The van der Waals surface area contributed by atoms with Crippen LogP contribution < -0.4 is 0 Å². The van der Waals surface area contributed by atoms with Crippen molar-refractivity contribution in [1.82, 2.24) is 3.97 Å². The summed E-state index contributed by atoms with van der Waals surface area (Å²) in [6.45, 7) is 9.85. The minimum atomic E-state index is -3.83. The van der Waals surface area contributed by atoms with Crippen molar-refractivity contribution in [2.75, 3.05) is 0 Å². The summed E-state index contributed by atoms with van der Waals surface area (Å²) in [4.78, 5) is 0.278. The molecule has 4 rings (SSSR count). The van der Waals surface area contributed by atoms with E-state index >= 15 is 0 Å². The molecule has 0 aliphatic rings. The summed E-state index contributed by atoms with van der Waals surface area (Å²) in [5, 5.41) is 0.933. The lowest BCUT2D eigenvalue weighted by atomic mass is 9.89. The molecule has 0 aliphatic carbocycles. The SMILES string of the molecule is C=CCc1c(C(CC=C)c2ccccc2)n(S(=O)(=O)c2ccc(C)cc2)c2ccccc12. The molecule has 1 unspecified atom stereocenters. The Morgan fingerprint density at radius 1 is 0.875 bits per heavy atom. The molecule has 0 amide bonds. The number of rotatable bonds is 8. The maximum atomic E-state index is 14.0. The van der Waals surface area contributed by atoms with Crippen molar-refractivity contribution in [2.45, 2.75) is 30.6 Å². The number of hydrogen-bond donors (Lipinski definition) is 0. The highest BCUT2D eigenvalue weighted by atomic mass is 32.2. The van der Waals surface area contributed by atoms with Gasteiger partial charge in [0.1, 0.15) is 0 Å². The first-order chi connectivity index (χ1) is 15.5. The number of para-hydroxylation sites is 1. The Hall–Kier alpha value is -3.37. The summed E-state index contributed by atoms with van der Waals surface area (Å²) < 4.78 is 29.6. The number of nitrogens with zero attached hydrogens (tertiary/aromatic N) is 1. The molecule has 1 heterocycles. The topological polar surface area (TPSA) is 39.1 Å². The van der Waals surface area contributed by atoms with Crippen LogP contribution in [0.3, 0.4) is 0 Å². The van der Waals surface area contributed by atoms with Gasteiger partial charge in [-0.15, -0.1) is 13.2 Å². The third-order valence-corrected chi connectivity index (χ3v) is 7.56. The number of hydrogen-bond acceptors (Lipinski definition) is 2. The monoisotopic (exact) mass is 441 g/mol. The fourth-order valence-electron chi connectivity index (χ4n) is 4.34. The number of allylic oxidation sites excluding steroid dienone is 2. The van der Waals surface area contributed by atoms with E-state index < -0.39 is 10.0 Å². The average Bonchev–Trinajstić information content (AvgIpc) is 3.13. The highest BCUT2D eigenvalue weighted by molar-refractivity contribution is 7.90. The lowest BCUT2D eigenvalue weighted by Crippen LogP contribution is -2.19. The standard InChI is InChI=1S/C28H27NO2S/c1-4-11-24(22-13-7-6-8-14-22)28-26(12-5-2)25-15-9-10-16-27(25)29(28)32(30,31)23-19-17-21(3)18-20-23/h4-10,13-20,24H,1-2,11-12H2,3H3. The van der Waals surface area contributed by atoms with Crippen LogP contribution in [-0.4, -0.2) is 12.4 Å². The van der Waals surface area contributed by atoms with E-state index in [-0.39, 0.29) is 10.8 Å². The molecule has 0 aliphatic heterocycles. The summed E-state index contributed by atoms with van der Waals surface area (Å²) >= 11 is 0. The van der Waals surface area contributed by atoms with E-state index in [1.54, 1.807) is 16.1 Å². The van der Waals surface area contributed by atoms with Gasteiger partial charge in [-0.25, -0.2) is 12.4 Å². The lowest BCUT2D eigenvalue weighted by molar-refractivity contribution is 0.584. The minimum absolute atomic E-state index is 0.156. The molecular formula is C28H27NO2S. The zero-order valence-electron chi connectivity index (χ0n) is 18.2. The van der Waals surface area contributed by atoms with Crippen LogP contribution >= 0.6 is 0 Å². The molecular weight excluding hydrogens is 414 g/mol. The maximum Gasteiger partial charge on any atom is 0.268 e. The molecule has 32 heavy (non-hydrogen) atoms. The summed E-state index contributed by atoms with van der Waals surface area (Å²) in [6, 6.07) is 24.8. The van der Waals surface area contributed by atoms with Crippen LogP contribution in [0, 0.1) is 6.92 Å². The second-order valence-corrected chi connectivity index (χ2v) is 9.73. The number of aromatic nitrogens is 1. The Labute approximate surface area is 190 Å². The van der Waals surface area contributed by atoms with Crippen LogP contribution in [0.2, 0.25) is 0 Å². The van der Waals surface area contributed by atoms with Crippen molar-refractivity contribution in [3.8, 4) is 0 Å². The van der Waals surface area contributed by atoms with Gasteiger partial charge in [-0.05, 0) is 49.1 Å². The van der Waals surface area contributed by atoms with E-state index in [2.05, 4.69) is 13.2 Å². The van der Waals surface area contributed by atoms with Gasteiger partial charge in [-0.1, -0.05) is 78.4 Å². The fraction of sp³-hybridized carbons (Fsp3) is 0.143. The Morgan fingerprint density at radius 3 is 2.19 bits per heavy atom. The third kappa shape index (κ3) is 3.82. The minimum Gasteiger partial charge on any atom is -0.237 e. The Kier molecular flexibility index (Phi) is 6.15. The van der Waals surface area contributed by atoms with Crippen molar-refractivity contribution in [1.29, 1.82) is 0 Å². The Balaban J connectivity index is 2.11. The molecule has 0 N–H and O–H groups in total. The van der Waals surface area contributed by atoms with Crippen molar-refractivity contribution in [2.24, 2.45) is 0 Å². The van der Waals surface area contributed by atoms with Gasteiger partial charge in [0, 0.05) is 17.0 Å². The van der Waals surface area contributed by atoms with E-state index in [0.29, 0.717) is 18.4 Å². The highest BCUT2D eigenvalue weighted by Gasteiger charge is 2.31. The van der Waals surface area contributed by atoms with Gasteiger partial charge in [-0.3, -0.25) is 0 Å². The fourth-order valence-corrected chi connectivity index (χ4v) is 5.94. The largest absolute Gasteiger partial charge is 0.268 e. The molecule has 0 radical (unpaired) electrons. The molecule has 3 nitrogen and oxygen atoms in total. The van der Waals surface area contributed by atoms with Gasteiger partial charge < -0.3 is 0 Å². The quantitative estimate of drug-likeness (QED) is 0.288. The normalized spacial score (nSPS) is 12.5. The summed E-state index contributed by atoms with van der Waals surface area (Å²) in [6.07, 6.45) is 4.89. The summed E-state index contributed by atoms with van der Waals surface area (Å²) in [5.74, 6) is -0.156. The van der Waals surface area contributed by atoms with E-state index in [4.69, 9.17) is 0 Å². The van der Waals surface area contributed by atoms with Crippen LogP contribution in [0.25, 0.3) is 10.9 Å².